The second-order valence-corrected chi connectivity index (χ2v) is 7.55. The molecule has 0 bridgehead atoms. The number of carbonyl (C=O) groups is 1. The third-order valence-electron chi connectivity index (χ3n) is 2.78. The molecule has 0 saturated carbocycles. The van der Waals surface area contributed by atoms with Gasteiger partial charge in [-0.05, 0) is 26.0 Å². The number of amides is 1. The SMILES string of the molecule is Cc1nc(CC(=O)NS(=O)(=O)c2cccc(F)c2F)c(C)s1. The Morgan fingerprint density at radius 1 is 1.32 bits per heavy atom. The number of benzene rings is 1. The topological polar surface area (TPSA) is 76.1 Å². The average Bonchev–Trinajstić information content (AvgIpc) is 2.70. The average molecular weight is 346 g/mol. The lowest BCUT2D eigenvalue weighted by Gasteiger charge is -2.07. The van der Waals surface area contributed by atoms with Crippen LogP contribution in [0.25, 0.3) is 0 Å². The number of carbonyl (C=O) groups excluding carboxylic acids is 1. The van der Waals surface area contributed by atoms with Gasteiger partial charge >= 0.3 is 0 Å². The van der Waals surface area contributed by atoms with Gasteiger partial charge in [-0.25, -0.2) is 26.9 Å². The predicted octanol–water partition coefficient (Wildman–Crippen LogP) is 2.09. The van der Waals surface area contributed by atoms with E-state index in [-0.39, 0.29) is 6.42 Å². The van der Waals surface area contributed by atoms with Crippen molar-refractivity contribution in [2.75, 3.05) is 0 Å². The summed E-state index contributed by atoms with van der Waals surface area (Å²) in [6.07, 6.45) is -0.258. The van der Waals surface area contributed by atoms with Gasteiger partial charge in [0.1, 0.15) is 4.90 Å². The third kappa shape index (κ3) is 3.47. The lowest BCUT2D eigenvalue weighted by Crippen LogP contribution is -2.32. The van der Waals surface area contributed by atoms with Gasteiger partial charge in [0.05, 0.1) is 17.1 Å². The van der Waals surface area contributed by atoms with Gasteiger partial charge in [0, 0.05) is 4.88 Å². The van der Waals surface area contributed by atoms with Gasteiger partial charge in [-0.1, -0.05) is 6.07 Å². The van der Waals surface area contributed by atoms with E-state index >= 15 is 0 Å². The van der Waals surface area contributed by atoms with E-state index in [9.17, 15) is 22.0 Å². The summed E-state index contributed by atoms with van der Waals surface area (Å²) in [5, 5.41) is 0.749. The molecular formula is C13H12F2N2O3S2. The van der Waals surface area contributed by atoms with Crippen molar-refractivity contribution >= 4 is 27.3 Å². The van der Waals surface area contributed by atoms with Crippen LogP contribution in [0.5, 0.6) is 0 Å². The van der Waals surface area contributed by atoms with Crippen molar-refractivity contribution in [2.24, 2.45) is 0 Å². The molecule has 0 saturated heterocycles. The standard InChI is InChI=1S/C13H12F2N2O3S2/c1-7-10(16-8(2)21-7)6-12(18)17-22(19,20)11-5-3-4-9(14)13(11)15/h3-5H,6H2,1-2H3,(H,17,18). The zero-order valence-electron chi connectivity index (χ0n) is 11.7. The van der Waals surface area contributed by atoms with E-state index in [0.29, 0.717) is 5.69 Å². The summed E-state index contributed by atoms with van der Waals surface area (Å²) in [7, 11) is -4.48. The molecule has 9 heteroatoms. The summed E-state index contributed by atoms with van der Waals surface area (Å²) >= 11 is 1.38. The summed E-state index contributed by atoms with van der Waals surface area (Å²) < 4.78 is 52.2. The molecule has 1 aromatic heterocycles. The first-order chi connectivity index (χ1) is 10.2. The second kappa shape index (κ2) is 6.09. The maximum atomic E-state index is 13.5. The largest absolute Gasteiger partial charge is 0.274 e. The van der Waals surface area contributed by atoms with E-state index in [1.54, 1.807) is 18.6 Å². The molecule has 0 aliphatic heterocycles. The van der Waals surface area contributed by atoms with Crippen LogP contribution in [-0.2, 0) is 21.2 Å². The van der Waals surface area contributed by atoms with E-state index < -0.39 is 32.5 Å². The molecule has 2 aromatic rings. The molecule has 0 fully saturated rings. The number of aryl methyl sites for hydroxylation is 2. The van der Waals surface area contributed by atoms with Crippen LogP contribution in [0.2, 0.25) is 0 Å². The van der Waals surface area contributed by atoms with Gasteiger partial charge in [0.2, 0.25) is 5.91 Å². The Labute approximate surface area is 130 Å². The highest BCUT2D eigenvalue weighted by Crippen LogP contribution is 2.18. The second-order valence-electron chi connectivity index (χ2n) is 4.49. The molecule has 1 N–H and O–H groups in total. The molecule has 0 atom stereocenters. The lowest BCUT2D eigenvalue weighted by molar-refractivity contribution is -0.118. The van der Waals surface area contributed by atoms with Crippen molar-refractivity contribution in [1.82, 2.24) is 9.71 Å². The number of aromatic nitrogens is 1. The molecule has 2 rings (SSSR count). The fraction of sp³-hybridized carbons (Fsp3) is 0.231. The van der Waals surface area contributed by atoms with E-state index in [0.717, 1.165) is 28.1 Å². The molecule has 0 spiro atoms. The molecule has 1 amide bonds. The Balaban J connectivity index is 2.20. The normalized spacial score (nSPS) is 11.5. The number of sulfonamides is 1. The molecule has 1 heterocycles. The number of hydrogen-bond acceptors (Lipinski definition) is 5. The van der Waals surface area contributed by atoms with Crippen LogP contribution >= 0.6 is 11.3 Å². The zero-order chi connectivity index (χ0) is 16.5. The molecule has 0 radical (unpaired) electrons. The first-order valence-electron chi connectivity index (χ1n) is 6.13. The Hall–Kier alpha value is -1.87. The highest BCUT2D eigenvalue weighted by atomic mass is 32.2. The first kappa shape index (κ1) is 16.5. The number of rotatable bonds is 4. The van der Waals surface area contributed by atoms with E-state index in [2.05, 4.69) is 4.98 Å². The summed E-state index contributed by atoms with van der Waals surface area (Å²) in [5.41, 5.74) is 0.454. The zero-order valence-corrected chi connectivity index (χ0v) is 13.3. The number of nitrogens with one attached hydrogen (secondary N) is 1. The van der Waals surface area contributed by atoms with Crippen LogP contribution in [0, 0.1) is 25.5 Å². The van der Waals surface area contributed by atoms with Gasteiger partial charge < -0.3 is 0 Å². The van der Waals surface area contributed by atoms with E-state index in [1.165, 1.54) is 11.3 Å². The Kier molecular flexibility index (Phi) is 4.57. The summed E-state index contributed by atoms with van der Waals surface area (Å²) in [5.74, 6) is -3.69. The number of nitrogens with zero attached hydrogens (tertiary/aromatic N) is 1. The van der Waals surface area contributed by atoms with Crippen LogP contribution in [0.1, 0.15) is 15.6 Å². The minimum Gasteiger partial charge on any atom is -0.274 e. The number of thiazole rings is 1. The summed E-state index contributed by atoms with van der Waals surface area (Å²) in [6.45, 7) is 3.52. The van der Waals surface area contributed by atoms with Crippen LogP contribution in [-0.4, -0.2) is 19.3 Å². The van der Waals surface area contributed by atoms with Crippen LogP contribution in [0.3, 0.4) is 0 Å². The molecule has 0 aliphatic carbocycles. The van der Waals surface area contributed by atoms with Crippen LogP contribution in [0.15, 0.2) is 23.1 Å². The van der Waals surface area contributed by atoms with Crippen molar-refractivity contribution in [3.05, 3.63) is 45.4 Å². The van der Waals surface area contributed by atoms with Crippen molar-refractivity contribution in [3.8, 4) is 0 Å². The fourth-order valence-corrected chi connectivity index (χ4v) is 3.73. The van der Waals surface area contributed by atoms with E-state index in [1.807, 2.05) is 0 Å². The van der Waals surface area contributed by atoms with Gasteiger partial charge in [0.15, 0.2) is 11.6 Å². The molecule has 5 nitrogen and oxygen atoms in total. The lowest BCUT2D eigenvalue weighted by atomic mass is 10.3. The maximum absolute atomic E-state index is 13.5. The van der Waals surface area contributed by atoms with Crippen molar-refractivity contribution in [3.63, 3.8) is 0 Å². The van der Waals surface area contributed by atoms with E-state index in [4.69, 9.17) is 0 Å². The molecule has 0 aliphatic rings. The minimum absolute atomic E-state index is 0.258. The van der Waals surface area contributed by atoms with Gasteiger partial charge in [-0.2, -0.15) is 0 Å². The predicted molar refractivity (Wildman–Crippen MR) is 77.0 cm³/mol. The molecule has 0 unspecified atom stereocenters. The monoisotopic (exact) mass is 346 g/mol. The van der Waals surface area contributed by atoms with Crippen LogP contribution < -0.4 is 4.72 Å². The highest BCUT2D eigenvalue weighted by molar-refractivity contribution is 7.90. The van der Waals surface area contributed by atoms with Crippen molar-refractivity contribution in [2.45, 2.75) is 25.2 Å². The molecule has 1 aromatic carbocycles. The third-order valence-corrected chi connectivity index (χ3v) is 5.10. The van der Waals surface area contributed by atoms with Crippen LogP contribution in [0.4, 0.5) is 8.78 Å². The summed E-state index contributed by atoms with van der Waals surface area (Å²) in [4.78, 5) is 15.8. The molecular weight excluding hydrogens is 334 g/mol. The number of halogens is 2. The minimum atomic E-state index is -4.48. The smallest absolute Gasteiger partial charge is 0.267 e. The Morgan fingerprint density at radius 3 is 2.59 bits per heavy atom. The van der Waals surface area contributed by atoms with Crippen molar-refractivity contribution < 1.29 is 22.0 Å². The first-order valence-corrected chi connectivity index (χ1v) is 8.43. The molecule has 118 valence electrons. The fourth-order valence-electron chi connectivity index (χ4n) is 1.82. The van der Waals surface area contributed by atoms with Gasteiger partial charge in [-0.15, -0.1) is 11.3 Å². The van der Waals surface area contributed by atoms with Gasteiger partial charge in [-0.3, -0.25) is 4.79 Å². The quantitative estimate of drug-likeness (QED) is 0.920. The highest BCUT2D eigenvalue weighted by Gasteiger charge is 2.24. The Bertz CT molecular complexity index is 832. The maximum Gasteiger partial charge on any atom is 0.267 e. The number of hydrogen-bond donors (Lipinski definition) is 1. The van der Waals surface area contributed by atoms with Gasteiger partial charge in [0.25, 0.3) is 10.0 Å². The Morgan fingerprint density at radius 2 is 2.00 bits per heavy atom. The van der Waals surface area contributed by atoms with Crippen molar-refractivity contribution in [1.29, 1.82) is 0 Å². The molecule has 22 heavy (non-hydrogen) atoms. The summed E-state index contributed by atoms with van der Waals surface area (Å²) in [6, 6.07) is 2.72.